The number of thioether (sulfide) groups is 1. The van der Waals surface area contributed by atoms with Crippen LogP contribution in [0.1, 0.15) is 11.4 Å². The van der Waals surface area contributed by atoms with Crippen molar-refractivity contribution in [2.24, 2.45) is 0 Å². The second kappa shape index (κ2) is 9.04. The van der Waals surface area contributed by atoms with E-state index in [0.717, 1.165) is 16.1 Å². The van der Waals surface area contributed by atoms with Crippen molar-refractivity contribution in [1.29, 1.82) is 0 Å². The predicted molar refractivity (Wildman–Crippen MR) is 116 cm³/mol. The van der Waals surface area contributed by atoms with E-state index in [0.29, 0.717) is 10.9 Å². The lowest BCUT2D eigenvalue weighted by atomic mass is 10.2. The first-order valence-corrected chi connectivity index (χ1v) is 11.6. The molecule has 0 bridgehead atoms. The van der Waals surface area contributed by atoms with Crippen molar-refractivity contribution < 1.29 is 26.4 Å². The lowest BCUT2D eigenvalue weighted by molar-refractivity contribution is -0.145. The van der Waals surface area contributed by atoms with Gasteiger partial charge in [0.1, 0.15) is 5.03 Å². The summed E-state index contributed by atoms with van der Waals surface area (Å²) in [5, 5.41) is 3.00. The Morgan fingerprint density at radius 3 is 2.47 bits per heavy atom. The van der Waals surface area contributed by atoms with Gasteiger partial charge in [-0.15, -0.1) is 0 Å². The molecule has 0 saturated carbocycles. The van der Waals surface area contributed by atoms with Crippen molar-refractivity contribution in [1.82, 2.24) is 14.3 Å². The third kappa shape index (κ3) is 5.19. The summed E-state index contributed by atoms with van der Waals surface area (Å²) in [5.41, 5.74) is 0.887. The van der Waals surface area contributed by atoms with Gasteiger partial charge in [0.15, 0.2) is 0 Å². The molecule has 0 atom stereocenters. The number of alkyl halides is 3. The molecule has 32 heavy (non-hydrogen) atoms. The summed E-state index contributed by atoms with van der Waals surface area (Å²) in [5.74, 6) is -2.04. The second-order valence-corrected chi connectivity index (χ2v) is 10.1. The average molecular weight is 485 g/mol. The molecule has 0 aliphatic carbocycles. The van der Waals surface area contributed by atoms with E-state index in [1.807, 2.05) is 0 Å². The Kier molecular flexibility index (Phi) is 6.77. The number of fused-ring (bicyclic) bond motifs is 1. The van der Waals surface area contributed by atoms with E-state index in [1.165, 1.54) is 26.2 Å². The Bertz CT molecular complexity index is 1280. The second-order valence-electron chi connectivity index (χ2n) is 6.97. The highest BCUT2D eigenvalue weighted by Gasteiger charge is 2.35. The van der Waals surface area contributed by atoms with E-state index in [1.54, 1.807) is 37.3 Å². The molecular weight excluding hydrogens is 465 g/mol. The fourth-order valence-corrected chi connectivity index (χ4v) is 4.73. The maximum atomic E-state index is 13.1. The number of rotatable bonds is 6. The Balaban J connectivity index is 1.81. The standard InChI is InChI=1S/C20H19F3N4O3S2/c1-12-8-9-13(10-16(12)32(29,30)27(2)3)24-17(28)11-31-18-14-6-4-5-7-15(14)25-19(26-18)20(21,22)23/h4-10H,11H2,1-3H3,(H,24,28). The minimum atomic E-state index is -4.72. The highest BCUT2D eigenvalue weighted by atomic mass is 32.2. The molecule has 1 N–H and O–H groups in total. The molecule has 170 valence electrons. The van der Waals surface area contributed by atoms with E-state index < -0.39 is 27.9 Å². The number of aryl methyl sites for hydroxylation is 1. The molecule has 0 spiro atoms. The number of nitrogens with zero attached hydrogens (tertiary/aromatic N) is 3. The van der Waals surface area contributed by atoms with Gasteiger partial charge in [0.05, 0.1) is 16.2 Å². The first-order chi connectivity index (χ1) is 14.9. The number of anilines is 1. The summed E-state index contributed by atoms with van der Waals surface area (Å²) >= 11 is 0.836. The van der Waals surface area contributed by atoms with Crippen LogP contribution in [0.3, 0.4) is 0 Å². The van der Waals surface area contributed by atoms with E-state index in [2.05, 4.69) is 15.3 Å². The van der Waals surface area contributed by atoms with Crippen molar-refractivity contribution >= 4 is 44.3 Å². The predicted octanol–water partition coefficient (Wildman–Crippen LogP) is 3.94. The summed E-state index contributed by atoms with van der Waals surface area (Å²) in [6.07, 6.45) is -4.72. The molecule has 0 radical (unpaired) electrons. The topological polar surface area (TPSA) is 92.3 Å². The number of para-hydroxylation sites is 1. The highest BCUT2D eigenvalue weighted by Crippen LogP contribution is 2.32. The molecule has 1 aromatic heterocycles. The molecule has 12 heteroatoms. The smallest absolute Gasteiger partial charge is 0.325 e. The molecule has 2 aromatic carbocycles. The Hall–Kier alpha value is -2.70. The number of sulfonamides is 1. The van der Waals surface area contributed by atoms with Crippen LogP contribution in [0.15, 0.2) is 52.4 Å². The van der Waals surface area contributed by atoms with Gasteiger partial charge in [-0.3, -0.25) is 4.79 Å². The molecule has 0 unspecified atom stereocenters. The van der Waals surface area contributed by atoms with Crippen LogP contribution >= 0.6 is 11.8 Å². The Morgan fingerprint density at radius 2 is 1.81 bits per heavy atom. The minimum Gasteiger partial charge on any atom is -0.325 e. The van der Waals surface area contributed by atoms with Crippen LogP contribution in [-0.2, 0) is 21.0 Å². The van der Waals surface area contributed by atoms with Crippen molar-refractivity contribution in [3.63, 3.8) is 0 Å². The molecule has 3 rings (SSSR count). The summed E-state index contributed by atoms with van der Waals surface area (Å²) in [7, 11) is -0.909. The van der Waals surface area contributed by atoms with Crippen LogP contribution in [0.2, 0.25) is 0 Å². The highest BCUT2D eigenvalue weighted by molar-refractivity contribution is 8.00. The van der Waals surface area contributed by atoms with E-state index in [4.69, 9.17) is 0 Å². The summed E-state index contributed by atoms with van der Waals surface area (Å²) < 4.78 is 65.4. The summed E-state index contributed by atoms with van der Waals surface area (Å²) in [6, 6.07) is 10.7. The van der Waals surface area contributed by atoms with Gasteiger partial charge in [0.25, 0.3) is 0 Å². The zero-order valence-corrected chi connectivity index (χ0v) is 18.9. The number of aromatic nitrogens is 2. The lowest BCUT2D eigenvalue weighted by Crippen LogP contribution is -2.23. The van der Waals surface area contributed by atoms with Crippen LogP contribution < -0.4 is 5.32 Å². The fourth-order valence-electron chi connectivity index (χ4n) is 2.77. The molecular formula is C20H19F3N4O3S2. The molecule has 0 saturated heterocycles. The lowest BCUT2D eigenvalue weighted by Gasteiger charge is -2.15. The fraction of sp³-hybridized carbons (Fsp3) is 0.250. The quantitative estimate of drug-likeness (QED) is 0.421. The van der Waals surface area contributed by atoms with Gasteiger partial charge in [-0.1, -0.05) is 36.0 Å². The number of benzene rings is 2. The van der Waals surface area contributed by atoms with E-state index in [-0.39, 0.29) is 26.9 Å². The number of carbonyl (C=O) groups excluding carboxylic acids is 1. The monoisotopic (exact) mass is 484 g/mol. The van der Waals surface area contributed by atoms with Gasteiger partial charge in [0, 0.05) is 25.2 Å². The van der Waals surface area contributed by atoms with E-state index >= 15 is 0 Å². The molecule has 0 aliphatic heterocycles. The van der Waals surface area contributed by atoms with Crippen LogP contribution in [-0.4, -0.2) is 48.4 Å². The summed E-state index contributed by atoms with van der Waals surface area (Å²) in [4.78, 5) is 19.6. The maximum absolute atomic E-state index is 13.1. The molecule has 1 amide bonds. The zero-order valence-electron chi connectivity index (χ0n) is 17.3. The minimum absolute atomic E-state index is 0.0258. The number of hydrogen-bond donors (Lipinski definition) is 1. The SMILES string of the molecule is Cc1ccc(NC(=O)CSc2nc(C(F)(F)F)nc3ccccc23)cc1S(=O)(=O)N(C)C. The molecule has 0 fully saturated rings. The Labute approximate surface area is 187 Å². The van der Waals surface area contributed by atoms with Gasteiger partial charge in [-0.2, -0.15) is 13.2 Å². The number of nitrogens with one attached hydrogen (secondary N) is 1. The molecule has 1 heterocycles. The van der Waals surface area contributed by atoms with Crippen molar-refractivity contribution in [2.75, 3.05) is 25.2 Å². The van der Waals surface area contributed by atoms with Crippen molar-refractivity contribution in [3.8, 4) is 0 Å². The molecule has 0 aliphatic rings. The number of hydrogen-bond acceptors (Lipinski definition) is 6. The molecule has 3 aromatic rings. The first-order valence-electron chi connectivity index (χ1n) is 9.19. The number of halogens is 3. The average Bonchev–Trinajstić information content (AvgIpc) is 2.72. The maximum Gasteiger partial charge on any atom is 0.451 e. The first kappa shape index (κ1) is 24.0. The van der Waals surface area contributed by atoms with Crippen LogP contribution in [0, 0.1) is 6.92 Å². The number of amides is 1. The van der Waals surface area contributed by atoms with Gasteiger partial charge >= 0.3 is 6.18 Å². The van der Waals surface area contributed by atoms with Crippen molar-refractivity contribution in [3.05, 3.63) is 53.9 Å². The van der Waals surface area contributed by atoms with Gasteiger partial charge in [-0.25, -0.2) is 22.7 Å². The van der Waals surface area contributed by atoms with E-state index in [9.17, 15) is 26.4 Å². The third-order valence-corrected chi connectivity index (χ3v) is 7.34. The normalized spacial score (nSPS) is 12.3. The number of carbonyl (C=O) groups is 1. The largest absolute Gasteiger partial charge is 0.451 e. The summed E-state index contributed by atoms with van der Waals surface area (Å²) in [6.45, 7) is 1.64. The van der Waals surface area contributed by atoms with Crippen LogP contribution in [0.4, 0.5) is 18.9 Å². The van der Waals surface area contributed by atoms with Crippen LogP contribution in [0.5, 0.6) is 0 Å². The van der Waals surface area contributed by atoms with Gasteiger partial charge < -0.3 is 5.32 Å². The zero-order chi connectivity index (χ0) is 23.7. The van der Waals surface area contributed by atoms with Crippen LogP contribution in [0.25, 0.3) is 10.9 Å². The van der Waals surface area contributed by atoms with Crippen molar-refractivity contribution in [2.45, 2.75) is 23.0 Å². The van der Waals surface area contributed by atoms with Gasteiger partial charge in [-0.05, 0) is 30.7 Å². The van der Waals surface area contributed by atoms with Gasteiger partial charge in [0.2, 0.25) is 21.8 Å². The Morgan fingerprint density at radius 1 is 1.12 bits per heavy atom. The molecule has 7 nitrogen and oxygen atoms in total. The third-order valence-electron chi connectivity index (χ3n) is 4.39.